The summed E-state index contributed by atoms with van der Waals surface area (Å²) in [6.07, 6.45) is 0. The second-order valence-electron chi connectivity index (χ2n) is 5.95. The summed E-state index contributed by atoms with van der Waals surface area (Å²) in [6, 6.07) is 24.2. The van der Waals surface area contributed by atoms with Crippen molar-refractivity contribution in [2.24, 2.45) is 0 Å². The minimum Gasteiger partial charge on any atom is -0.486 e. The van der Waals surface area contributed by atoms with E-state index in [9.17, 15) is 4.79 Å². The average molecular weight is 359 g/mol. The monoisotopic (exact) mass is 359 g/mol. The lowest BCUT2D eigenvalue weighted by Gasteiger charge is -2.08. The molecule has 134 valence electrons. The van der Waals surface area contributed by atoms with Crippen LogP contribution in [0, 0.1) is 0 Å². The first-order chi connectivity index (χ1) is 13.3. The van der Waals surface area contributed by atoms with Crippen LogP contribution >= 0.6 is 0 Å². The topological polar surface area (TPSA) is 66.2 Å². The molecule has 0 aliphatic carbocycles. The molecule has 0 fully saturated rings. The molecule has 0 aliphatic rings. The maximum atomic E-state index is 12.2. The highest BCUT2D eigenvalue weighted by Crippen LogP contribution is 2.23. The van der Waals surface area contributed by atoms with Gasteiger partial charge in [0.15, 0.2) is 5.78 Å². The van der Waals surface area contributed by atoms with Gasteiger partial charge < -0.3 is 9.47 Å². The normalized spacial score (nSPS) is 10.7. The molecule has 0 unspecified atom stereocenters. The molecule has 27 heavy (non-hydrogen) atoms. The number of ether oxygens (including phenoxy) is 2. The Labute approximate surface area is 156 Å². The van der Waals surface area contributed by atoms with Crippen LogP contribution in [0.25, 0.3) is 11.0 Å². The number of benzene rings is 3. The van der Waals surface area contributed by atoms with Crippen molar-refractivity contribution >= 4 is 16.8 Å². The van der Waals surface area contributed by atoms with Gasteiger partial charge in [0, 0.05) is 0 Å². The fraction of sp³-hybridized carbons (Fsp3) is 0.0952. The molecule has 0 saturated heterocycles. The van der Waals surface area contributed by atoms with Gasteiger partial charge in [0.2, 0.25) is 0 Å². The molecule has 0 spiro atoms. The Kier molecular flexibility index (Phi) is 4.78. The van der Waals surface area contributed by atoms with Crippen molar-refractivity contribution in [3.8, 4) is 17.2 Å². The minimum absolute atomic E-state index is 0.0346. The average Bonchev–Trinajstić information content (AvgIpc) is 3.11. The first kappa shape index (κ1) is 16.8. The van der Waals surface area contributed by atoms with E-state index in [2.05, 4.69) is 10.3 Å². The Morgan fingerprint density at radius 1 is 0.815 bits per heavy atom. The van der Waals surface area contributed by atoms with Crippen molar-refractivity contribution < 1.29 is 14.3 Å². The zero-order chi connectivity index (χ0) is 18.5. The van der Waals surface area contributed by atoms with E-state index < -0.39 is 0 Å². The summed E-state index contributed by atoms with van der Waals surface area (Å²) < 4.78 is 12.9. The van der Waals surface area contributed by atoms with E-state index in [-0.39, 0.29) is 18.9 Å². The van der Waals surface area contributed by atoms with Crippen molar-refractivity contribution in [2.45, 2.75) is 6.54 Å². The largest absolute Gasteiger partial charge is 0.486 e. The van der Waals surface area contributed by atoms with Crippen LogP contribution in [0.4, 0.5) is 0 Å². The Morgan fingerprint density at radius 3 is 2.30 bits per heavy atom. The predicted molar refractivity (Wildman–Crippen MR) is 101 cm³/mol. The van der Waals surface area contributed by atoms with Crippen molar-refractivity contribution in [1.29, 1.82) is 0 Å². The zero-order valence-corrected chi connectivity index (χ0v) is 14.5. The van der Waals surface area contributed by atoms with E-state index in [1.54, 1.807) is 28.9 Å². The summed E-state index contributed by atoms with van der Waals surface area (Å²) >= 11 is 0. The first-order valence-corrected chi connectivity index (χ1v) is 8.54. The fourth-order valence-corrected chi connectivity index (χ4v) is 2.64. The highest BCUT2D eigenvalue weighted by Gasteiger charge is 2.09. The van der Waals surface area contributed by atoms with Gasteiger partial charge in [0.25, 0.3) is 0 Å². The van der Waals surface area contributed by atoms with Crippen molar-refractivity contribution in [2.75, 3.05) is 6.61 Å². The van der Waals surface area contributed by atoms with Crippen LogP contribution in [0.1, 0.15) is 0 Å². The molecule has 0 N–H and O–H groups in total. The number of rotatable bonds is 7. The molecule has 0 bridgehead atoms. The Balaban J connectivity index is 1.32. The molecule has 0 saturated carbocycles. The van der Waals surface area contributed by atoms with Crippen molar-refractivity contribution in [1.82, 2.24) is 15.0 Å². The third-order valence-corrected chi connectivity index (χ3v) is 3.95. The molecule has 0 aliphatic heterocycles. The number of hydrogen-bond donors (Lipinski definition) is 0. The number of carbonyl (C=O) groups is 1. The summed E-state index contributed by atoms with van der Waals surface area (Å²) in [6.45, 7) is 0.0861. The molecular formula is C21H17N3O3. The first-order valence-electron chi connectivity index (χ1n) is 8.54. The van der Waals surface area contributed by atoms with Crippen LogP contribution in [0.2, 0.25) is 0 Å². The molecule has 1 aromatic heterocycles. The molecule has 6 heteroatoms. The second kappa shape index (κ2) is 7.70. The second-order valence-corrected chi connectivity index (χ2v) is 5.95. The Morgan fingerprint density at radius 2 is 1.48 bits per heavy atom. The van der Waals surface area contributed by atoms with E-state index in [4.69, 9.17) is 9.47 Å². The van der Waals surface area contributed by atoms with E-state index in [1.807, 2.05) is 54.6 Å². The highest BCUT2D eigenvalue weighted by atomic mass is 16.5. The number of Topliss-reactive ketones (excluding diaryl/α,β-unsaturated/α-hetero) is 1. The van der Waals surface area contributed by atoms with Crippen molar-refractivity contribution in [3.63, 3.8) is 0 Å². The van der Waals surface area contributed by atoms with Crippen LogP contribution in [0.3, 0.4) is 0 Å². The molecule has 6 nitrogen and oxygen atoms in total. The van der Waals surface area contributed by atoms with E-state index >= 15 is 0 Å². The zero-order valence-electron chi connectivity index (χ0n) is 14.5. The highest BCUT2D eigenvalue weighted by molar-refractivity contribution is 5.82. The lowest BCUT2D eigenvalue weighted by atomic mass is 10.3. The number of nitrogens with zero attached hydrogens (tertiary/aromatic N) is 3. The summed E-state index contributed by atoms with van der Waals surface area (Å²) in [5.41, 5.74) is 1.59. The quantitative estimate of drug-likeness (QED) is 0.501. The predicted octanol–water partition coefficient (Wildman–Crippen LogP) is 3.87. The van der Waals surface area contributed by atoms with E-state index in [1.165, 1.54) is 0 Å². The Hall–Kier alpha value is -3.67. The number of ketones is 1. The molecule has 0 amide bonds. The number of hydrogen-bond acceptors (Lipinski definition) is 5. The molecule has 4 rings (SSSR count). The minimum atomic E-state index is -0.0877. The van der Waals surface area contributed by atoms with Gasteiger partial charge in [-0.25, -0.2) is 4.68 Å². The molecule has 0 radical (unpaired) electrons. The van der Waals surface area contributed by atoms with Gasteiger partial charge in [0.1, 0.15) is 35.9 Å². The smallest absolute Gasteiger partial charge is 0.191 e. The number of aromatic nitrogens is 3. The summed E-state index contributed by atoms with van der Waals surface area (Å²) in [5.74, 6) is 1.98. The van der Waals surface area contributed by atoms with Gasteiger partial charge in [-0.1, -0.05) is 35.5 Å². The summed E-state index contributed by atoms with van der Waals surface area (Å²) in [7, 11) is 0. The molecule has 1 heterocycles. The standard InChI is InChI=1S/C21H17N3O3/c25-16(14-24-21-9-5-4-8-20(21)22-23-24)15-26-17-10-12-19(13-11-17)27-18-6-2-1-3-7-18/h1-13H,14-15H2. The van der Waals surface area contributed by atoms with Gasteiger partial charge in [-0.3, -0.25) is 4.79 Å². The van der Waals surface area contributed by atoms with Crippen molar-refractivity contribution in [3.05, 3.63) is 78.9 Å². The van der Waals surface area contributed by atoms with E-state index in [0.717, 1.165) is 16.8 Å². The van der Waals surface area contributed by atoms with Crippen LogP contribution in [-0.2, 0) is 11.3 Å². The third-order valence-electron chi connectivity index (χ3n) is 3.95. The lowest BCUT2D eigenvalue weighted by molar-refractivity contribution is -0.121. The number of para-hydroxylation sites is 2. The van der Waals surface area contributed by atoms with Crippen LogP contribution in [0.15, 0.2) is 78.9 Å². The van der Waals surface area contributed by atoms with Gasteiger partial charge >= 0.3 is 0 Å². The van der Waals surface area contributed by atoms with Crippen LogP contribution in [-0.4, -0.2) is 27.4 Å². The van der Waals surface area contributed by atoms with Gasteiger partial charge in [-0.05, 0) is 48.5 Å². The molecular weight excluding hydrogens is 342 g/mol. The van der Waals surface area contributed by atoms with Crippen LogP contribution < -0.4 is 9.47 Å². The fourth-order valence-electron chi connectivity index (χ4n) is 2.64. The summed E-state index contributed by atoms with van der Waals surface area (Å²) in [5, 5.41) is 8.06. The maximum Gasteiger partial charge on any atom is 0.191 e. The van der Waals surface area contributed by atoms with E-state index in [0.29, 0.717) is 11.5 Å². The maximum absolute atomic E-state index is 12.2. The molecule has 0 atom stereocenters. The Bertz CT molecular complexity index is 1040. The number of fused-ring (bicyclic) bond motifs is 1. The third kappa shape index (κ3) is 4.12. The number of carbonyl (C=O) groups excluding carboxylic acids is 1. The van der Waals surface area contributed by atoms with Crippen LogP contribution in [0.5, 0.6) is 17.2 Å². The van der Waals surface area contributed by atoms with Gasteiger partial charge in [0.05, 0.1) is 5.52 Å². The SMILES string of the molecule is O=C(COc1ccc(Oc2ccccc2)cc1)Cn1nnc2ccccc21. The van der Waals surface area contributed by atoms with Gasteiger partial charge in [-0.15, -0.1) is 5.10 Å². The molecule has 3 aromatic carbocycles. The lowest BCUT2D eigenvalue weighted by Crippen LogP contribution is -2.18. The van der Waals surface area contributed by atoms with Gasteiger partial charge in [-0.2, -0.15) is 0 Å². The summed E-state index contributed by atoms with van der Waals surface area (Å²) in [4.78, 5) is 12.2. The molecule has 4 aromatic rings.